The summed E-state index contributed by atoms with van der Waals surface area (Å²) in [6.45, 7) is 5.25. The number of carboxylic acid groups (broad SMARTS) is 1. The summed E-state index contributed by atoms with van der Waals surface area (Å²) in [5.41, 5.74) is -0.615. The van der Waals surface area contributed by atoms with Crippen LogP contribution >= 0.6 is 0 Å². The van der Waals surface area contributed by atoms with Crippen LogP contribution in [0.3, 0.4) is 0 Å². The first-order chi connectivity index (χ1) is 7.70. The maximum Gasteiger partial charge on any atom is 0.310 e. The van der Waals surface area contributed by atoms with Crippen molar-refractivity contribution in [3.8, 4) is 0 Å². The SMILES string of the molecule is CC(C)(C)OC(=O)[C@H]1CCC(O)C[C@@H]1C(=O)O. The average molecular weight is 244 g/mol. The van der Waals surface area contributed by atoms with Gasteiger partial charge >= 0.3 is 11.9 Å². The number of hydrogen-bond donors (Lipinski definition) is 2. The van der Waals surface area contributed by atoms with Crippen molar-refractivity contribution in [2.45, 2.75) is 51.7 Å². The molecule has 0 aromatic carbocycles. The Bertz CT molecular complexity index is 305. The highest BCUT2D eigenvalue weighted by molar-refractivity contribution is 5.81. The van der Waals surface area contributed by atoms with Gasteiger partial charge in [-0.2, -0.15) is 0 Å². The van der Waals surface area contributed by atoms with Crippen LogP contribution in [0.4, 0.5) is 0 Å². The predicted molar refractivity (Wildman–Crippen MR) is 60.3 cm³/mol. The van der Waals surface area contributed by atoms with Crippen LogP contribution in [0, 0.1) is 11.8 Å². The van der Waals surface area contributed by atoms with E-state index < -0.39 is 35.5 Å². The van der Waals surface area contributed by atoms with Crippen LogP contribution in [0.5, 0.6) is 0 Å². The Balaban J connectivity index is 2.73. The number of carboxylic acids is 1. The molecule has 5 nitrogen and oxygen atoms in total. The van der Waals surface area contributed by atoms with Gasteiger partial charge in [0.05, 0.1) is 17.9 Å². The van der Waals surface area contributed by atoms with E-state index in [1.807, 2.05) is 0 Å². The highest BCUT2D eigenvalue weighted by Crippen LogP contribution is 2.32. The maximum absolute atomic E-state index is 11.9. The summed E-state index contributed by atoms with van der Waals surface area (Å²) in [7, 11) is 0. The van der Waals surface area contributed by atoms with Gasteiger partial charge in [-0.3, -0.25) is 9.59 Å². The van der Waals surface area contributed by atoms with Gasteiger partial charge in [0.25, 0.3) is 0 Å². The van der Waals surface area contributed by atoms with Crippen LogP contribution in [-0.2, 0) is 14.3 Å². The van der Waals surface area contributed by atoms with Gasteiger partial charge in [-0.05, 0) is 40.0 Å². The van der Waals surface area contributed by atoms with E-state index in [0.717, 1.165) is 0 Å². The molecule has 1 aliphatic rings. The van der Waals surface area contributed by atoms with Crippen molar-refractivity contribution >= 4 is 11.9 Å². The Morgan fingerprint density at radius 2 is 1.76 bits per heavy atom. The fourth-order valence-corrected chi connectivity index (χ4v) is 2.08. The molecule has 98 valence electrons. The van der Waals surface area contributed by atoms with Crippen molar-refractivity contribution in [1.29, 1.82) is 0 Å². The molecular formula is C12H20O5. The van der Waals surface area contributed by atoms with Crippen molar-refractivity contribution < 1.29 is 24.5 Å². The van der Waals surface area contributed by atoms with Gasteiger partial charge in [-0.15, -0.1) is 0 Å². The van der Waals surface area contributed by atoms with Crippen molar-refractivity contribution in [1.82, 2.24) is 0 Å². The first kappa shape index (κ1) is 14.0. The molecule has 17 heavy (non-hydrogen) atoms. The van der Waals surface area contributed by atoms with Crippen LogP contribution in [0.25, 0.3) is 0 Å². The minimum absolute atomic E-state index is 0.124. The third kappa shape index (κ3) is 4.00. The Labute approximate surface area is 101 Å². The first-order valence-corrected chi connectivity index (χ1v) is 5.84. The van der Waals surface area contributed by atoms with Gasteiger partial charge in [0.15, 0.2) is 0 Å². The first-order valence-electron chi connectivity index (χ1n) is 5.84. The molecule has 5 heteroatoms. The molecule has 0 aromatic rings. The molecule has 1 fully saturated rings. The lowest BCUT2D eigenvalue weighted by molar-refractivity contribution is -0.170. The van der Waals surface area contributed by atoms with Crippen molar-refractivity contribution in [2.75, 3.05) is 0 Å². The molecule has 0 spiro atoms. The fraction of sp³-hybridized carbons (Fsp3) is 0.833. The second-order valence-corrected chi connectivity index (χ2v) is 5.55. The Morgan fingerprint density at radius 1 is 1.18 bits per heavy atom. The molecule has 0 aromatic heterocycles. The molecule has 0 bridgehead atoms. The number of aliphatic hydroxyl groups excluding tert-OH is 1. The number of carbonyl (C=O) groups excluding carboxylic acids is 1. The van der Waals surface area contributed by atoms with Gasteiger partial charge in [0.2, 0.25) is 0 Å². The smallest absolute Gasteiger partial charge is 0.310 e. The Hall–Kier alpha value is -1.10. The number of aliphatic hydroxyl groups is 1. The summed E-state index contributed by atoms with van der Waals surface area (Å²) in [5, 5.41) is 18.5. The van der Waals surface area contributed by atoms with E-state index in [9.17, 15) is 14.7 Å². The fourth-order valence-electron chi connectivity index (χ4n) is 2.08. The number of aliphatic carboxylic acids is 1. The summed E-state index contributed by atoms with van der Waals surface area (Å²) >= 11 is 0. The van der Waals surface area contributed by atoms with Crippen LogP contribution in [0.15, 0.2) is 0 Å². The third-order valence-electron chi connectivity index (χ3n) is 2.85. The third-order valence-corrected chi connectivity index (χ3v) is 2.85. The summed E-state index contributed by atoms with van der Waals surface area (Å²) in [6.07, 6.45) is 0.315. The molecule has 0 radical (unpaired) electrons. The van der Waals surface area contributed by atoms with Crippen LogP contribution in [0.1, 0.15) is 40.0 Å². The molecule has 1 rings (SSSR count). The van der Waals surface area contributed by atoms with Crippen LogP contribution < -0.4 is 0 Å². The van der Waals surface area contributed by atoms with E-state index in [1.165, 1.54) is 0 Å². The van der Waals surface area contributed by atoms with E-state index in [4.69, 9.17) is 9.84 Å². The normalized spacial score (nSPS) is 29.8. The lowest BCUT2D eigenvalue weighted by atomic mass is 9.78. The zero-order valence-corrected chi connectivity index (χ0v) is 10.5. The van der Waals surface area contributed by atoms with Gasteiger partial charge in [-0.25, -0.2) is 0 Å². The van der Waals surface area contributed by atoms with Crippen LogP contribution in [0.2, 0.25) is 0 Å². The summed E-state index contributed by atoms with van der Waals surface area (Å²) < 4.78 is 5.21. The number of ether oxygens (including phenoxy) is 1. The van der Waals surface area contributed by atoms with E-state index >= 15 is 0 Å². The summed E-state index contributed by atoms with van der Waals surface area (Å²) in [6, 6.07) is 0. The molecule has 0 saturated heterocycles. The molecule has 0 heterocycles. The zero-order valence-electron chi connectivity index (χ0n) is 10.5. The van der Waals surface area contributed by atoms with Crippen molar-refractivity contribution in [2.24, 2.45) is 11.8 Å². The Morgan fingerprint density at radius 3 is 2.24 bits per heavy atom. The van der Waals surface area contributed by atoms with Crippen molar-refractivity contribution in [3.63, 3.8) is 0 Å². The second kappa shape index (κ2) is 5.04. The topological polar surface area (TPSA) is 83.8 Å². The monoisotopic (exact) mass is 244 g/mol. The Kier molecular flexibility index (Phi) is 4.14. The standard InChI is InChI=1S/C12H20O5/c1-12(2,3)17-11(16)8-5-4-7(13)6-9(8)10(14)15/h7-9,13H,4-6H2,1-3H3,(H,14,15)/t7?,8-,9-/m0/s1. The van der Waals surface area contributed by atoms with Crippen molar-refractivity contribution in [3.05, 3.63) is 0 Å². The van der Waals surface area contributed by atoms with Gasteiger partial charge in [0.1, 0.15) is 5.60 Å². The quantitative estimate of drug-likeness (QED) is 0.713. The minimum Gasteiger partial charge on any atom is -0.481 e. The highest BCUT2D eigenvalue weighted by Gasteiger charge is 2.40. The molecule has 1 aliphatic carbocycles. The van der Waals surface area contributed by atoms with Gasteiger partial charge in [-0.1, -0.05) is 0 Å². The number of esters is 1. The lowest BCUT2D eigenvalue weighted by Gasteiger charge is -2.32. The largest absolute Gasteiger partial charge is 0.481 e. The van der Waals surface area contributed by atoms with E-state index in [0.29, 0.717) is 12.8 Å². The minimum atomic E-state index is -1.04. The van der Waals surface area contributed by atoms with Gasteiger partial charge < -0.3 is 14.9 Å². The van der Waals surface area contributed by atoms with E-state index in [-0.39, 0.29) is 6.42 Å². The molecule has 0 aliphatic heterocycles. The molecule has 0 amide bonds. The molecular weight excluding hydrogens is 224 g/mol. The van der Waals surface area contributed by atoms with E-state index in [2.05, 4.69) is 0 Å². The summed E-state index contributed by atoms with van der Waals surface area (Å²) in [5.74, 6) is -3.00. The molecule has 3 atom stereocenters. The number of hydrogen-bond acceptors (Lipinski definition) is 4. The summed E-state index contributed by atoms with van der Waals surface area (Å²) in [4.78, 5) is 22.9. The number of carbonyl (C=O) groups is 2. The molecule has 1 unspecified atom stereocenters. The molecule has 2 N–H and O–H groups in total. The average Bonchev–Trinajstić information content (AvgIpc) is 2.14. The van der Waals surface area contributed by atoms with Crippen LogP contribution in [-0.4, -0.2) is 33.9 Å². The molecule has 1 saturated carbocycles. The number of rotatable bonds is 2. The zero-order chi connectivity index (χ0) is 13.2. The lowest BCUT2D eigenvalue weighted by Crippen LogP contribution is -2.40. The van der Waals surface area contributed by atoms with Gasteiger partial charge in [0, 0.05) is 0 Å². The highest BCUT2D eigenvalue weighted by atomic mass is 16.6. The maximum atomic E-state index is 11.9. The van der Waals surface area contributed by atoms with E-state index in [1.54, 1.807) is 20.8 Å². The second-order valence-electron chi connectivity index (χ2n) is 5.55. The predicted octanol–water partition coefficient (Wildman–Crippen LogP) is 1.19.